The maximum atomic E-state index is 13.1. The van der Waals surface area contributed by atoms with Gasteiger partial charge in [0.05, 0.1) is 11.0 Å². The molecule has 1 aromatic carbocycles. The first-order chi connectivity index (χ1) is 6.86. The first-order valence-corrected chi connectivity index (χ1v) is 5.61. The maximum Gasteiger partial charge on any atom is 0.238 e. The molecule has 0 fully saturated rings. The highest BCUT2D eigenvalue weighted by molar-refractivity contribution is 7.89. The van der Waals surface area contributed by atoms with E-state index in [1.165, 1.54) is 0 Å². The molecule has 1 atom stereocenters. The lowest BCUT2D eigenvalue weighted by Gasteiger charge is -2.10. The van der Waals surface area contributed by atoms with Crippen molar-refractivity contribution < 1.29 is 17.9 Å². The van der Waals surface area contributed by atoms with Gasteiger partial charge in [-0.15, -0.1) is 0 Å². The molecular formula is C8H11FN2O3S. The Labute approximate surface area is 86.6 Å². The minimum Gasteiger partial charge on any atom is -0.387 e. The van der Waals surface area contributed by atoms with Crippen molar-refractivity contribution in [2.75, 3.05) is 6.54 Å². The molecule has 0 aromatic heterocycles. The molecule has 0 aliphatic heterocycles. The highest BCUT2D eigenvalue weighted by Crippen LogP contribution is 2.19. The molecule has 1 rings (SSSR count). The predicted molar refractivity (Wildman–Crippen MR) is 51.8 cm³/mol. The molecule has 7 heteroatoms. The van der Waals surface area contributed by atoms with Crippen LogP contribution in [0.3, 0.4) is 0 Å². The molecule has 0 aliphatic rings. The van der Waals surface area contributed by atoms with Crippen LogP contribution in [0, 0.1) is 5.82 Å². The molecule has 1 unspecified atom stereocenters. The molecule has 84 valence electrons. The van der Waals surface area contributed by atoms with Crippen molar-refractivity contribution in [3.05, 3.63) is 29.6 Å². The molecule has 15 heavy (non-hydrogen) atoms. The molecule has 5 nitrogen and oxygen atoms in total. The van der Waals surface area contributed by atoms with E-state index >= 15 is 0 Å². The minimum atomic E-state index is -3.90. The molecule has 0 bridgehead atoms. The van der Waals surface area contributed by atoms with Crippen LogP contribution in [0.25, 0.3) is 0 Å². The van der Waals surface area contributed by atoms with Crippen molar-refractivity contribution in [3.8, 4) is 0 Å². The van der Waals surface area contributed by atoms with Gasteiger partial charge in [0, 0.05) is 12.1 Å². The summed E-state index contributed by atoms with van der Waals surface area (Å²) in [4.78, 5) is -0.258. The third-order valence-corrected chi connectivity index (χ3v) is 2.79. The Bertz CT molecular complexity index is 461. The molecule has 0 aliphatic carbocycles. The standard InChI is InChI=1S/C8H11FN2O3S/c9-7-2-1-5(15(11,13)14)3-6(7)8(12)4-10/h1-3,8,12H,4,10H2,(H2,11,13,14). The fraction of sp³-hybridized carbons (Fsp3) is 0.250. The van der Waals surface area contributed by atoms with Gasteiger partial charge in [0.2, 0.25) is 10.0 Å². The van der Waals surface area contributed by atoms with Crippen molar-refractivity contribution in [2.45, 2.75) is 11.0 Å². The van der Waals surface area contributed by atoms with Crippen LogP contribution >= 0.6 is 0 Å². The van der Waals surface area contributed by atoms with E-state index in [0.717, 1.165) is 18.2 Å². The molecule has 0 heterocycles. The highest BCUT2D eigenvalue weighted by Gasteiger charge is 2.15. The summed E-state index contributed by atoms with van der Waals surface area (Å²) in [7, 11) is -3.90. The SMILES string of the molecule is NCC(O)c1cc(S(N)(=O)=O)ccc1F. The predicted octanol–water partition coefficient (Wildman–Crippen LogP) is -0.535. The van der Waals surface area contributed by atoms with Crippen LogP contribution in [0.2, 0.25) is 0 Å². The number of primary sulfonamides is 1. The summed E-state index contributed by atoms with van der Waals surface area (Å²) in [5, 5.41) is 14.2. The average Bonchev–Trinajstić information content (AvgIpc) is 2.15. The largest absolute Gasteiger partial charge is 0.387 e. The smallest absolute Gasteiger partial charge is 0.238 e. The Morgan fingerprint density at radius 3 is 2.53 bits per heavy atom. The van der Waals surface area contributed by atoms with Crippen LogP contribution in [0.5, 0.6) is 0 Å². The lowest BCUT2D eigenvalue weighted by Crippen LogP contribution is -2.16. The number of rotatable bonds is 3. The van der Waals surface area contributed by atoms with Crippen LogP contribution < -0.4 is 10.9 Å². The van der Waals surface area contributed by atoms with Crippen LogP contribution in [-0.2, 0) is 10.0 Å². The number of halogens is 1. The minimum absolute atomic E-state index is 0.177. The van der Waals surface area contributed by atoms with Crippen LogP contribution in [-0.4, -0.2) is 20.1 Å². The monoisotopic (exact) mass is 234 g/mol. The number of benzene rings is 1. The summed E-state index contributed by atoms with van der Waals surface area (Å²) >= 11 is 0. The van der Waals surface area contributed by atoms with Gasteiger partial charge >= 0.3 is 0 Å². The Morgan fingerprint density at radius 2 is 2.07 bits per heavy atom. The first-order valence-electron chi connectivity index (χ1n) is 4.06. The van der Waals surface area contributed by atoms with Gasteiger partial charge in [0.1, 0.15) is 5.82 Å². The van der Waals surface area contributed by atoms with Crippen molar-refractivity contribution in [1.82, 2.24) is 0 Å². The van der Waals surface area contributed by atoms with Crippen LogP contribution in [0.15, 0.2) is 23.1 Å². The number of aliphatic hydroxyl groups excluding tert-OH is 1. The van der Waals surface area contributed by atoms with E-state index in [9.17, 15) is 17.9 Å². The lowest BCUT2D eigenvalue weighted by molar-refractivity contribution is 0.181. The fourth-order valence-electron chi connectivity index (χ4n) is 1.08. The highest BCUT2D eigenvalue weighted by atomic mass is 32.2. The summed E-state index contributed by atoms with van der Waals surface area (Å²) in [5.74, 6) is -0.722. The zero-order valence-corrected chi connectivity index (χ0v) is 8.54. The van der Waals surface area contributed by atoms with E-state index in [0.29, 0.717) is 0 Å². The van der Waals surface area contributed by atoms with Gasteiger partial charge in [0.15, 0.2) is 0 Å². The van der Waals surface area contributed by atoms with E-state index in [1.807, 2.05) is 0 Å². The van der Waals surface area contributed by atoms with E-state index in [4.69, 9.17) is 10.9 Å². The third-order valence-electron chi connectivity index (χ3n) is 1.88. The molecule has 0 spiro atoms. The van der Waals surface area contributed by atoms with Crippen molar-refractivity contribution in [1.29, 1.82) is 0 Å². The topological polar surface area (TPSA) is 106 Å². The number of aliphatic hydroxyl groups is 1. The average molecular weight is 234 g/mol. The van der Waals surface area contributed by atoms with Crippen LogP contribution in [0.1, 0.15) is 11.7 Å². The van der Waals surface area contributed by atoms with E-state index in [1.54, 1.807) is 0 Å². The van der Waals surface area contributed by atoms with Crippen molar-refractivity contribution in [2.24, 2.45) is 10.9 Å². The molecule has 1 aromatic rings. The van der Waals surface area contributed by atoms with Crippen molar-refractivity contribution in [3.63, 3.8) is 0 Å². The summed E-state index contributed by atoms with van der Waals surface area (Å²) in [6.45, 7) is -0.203. The summed E-state index contributed by atoms with van der Waals surface area (Å²) in [6.07, 6.45) is -1.24. The van der Waals surface area contributed by atoms with Gasteiger partial charge in [-0.3, -0.25) is 0 Å². The van der Waals surface area contributed by atoms with Gasteiger partial charge in [-0.2, -0.15) is 0 Å². The molecule has 0 amide bonds. The van der Waals surface area contributed by atoms with Gasteiger partial charge in [-0.05, 0) is 18.2 Å². The molecule has 0 saturated heterocycles. The second-order valence-corrected chi connectivity index (χ2v) is 4.54. The second-order valence-electron chi connectivity index (χ2n) is 2.98. The summed E-state index contributed by atoms with van der Waals surface area (Å²) in [6, 6.07) is 2.92. The second kappa shape index (κ2) is 4.23. The first kappa shape index (κ1) is 12.1. The van der Waals surface area contributed by atoms with Crippen LogP contribution in [0.4, 0.5) is 4.39 Å². The molecule has 0 saturated carbocycles. The number of sulfonamides is 1. The molecule has 0 radical (unpaired) electrons. The Hall–Kier alpha value is -1.02. The van der Waals surface area contributed by atoms with Crippen molar-refractivity contribution >= 4 is 10.0 Å². The number of hydrogen-bond acceptors (Lipinski definition) is 4. The molecule has 5 N–H and O–H groups in total. The van der Waals surface area contributed by atoms with Gasteiger partial charge in [0.25, 0.3) is 0 Å². The summed E-state index contributed by atoms with van der Waals surface area (Å²) in [5.41, 5.74) is 4.96. The Balaban J connectivity index is 3.29. The number of nitrogens with two attached hydrogens (primary N) is 2. The Morgan fingerprint density at radius 1 is 1.47 bits per heavy atom. The zero-order chi connectivity index (χ0) is 11.6. The lowest BCUT2D eigenvalue weighted by atomic mass is 10.1. The Kier molecular flexibility index (Phi) is 3.40. The fourth-order valence-corrected chi connectivity index (χ4v) is 1.63. The van der Waals surface area contributed by atoms with Gasteiger partial charge < -0.3 is 10.8 Å². The van der Waals surface area contributed by atoms with E-state index in [-0.39, 0.29) is 17.0 Å². The third kappa shape index (κ3) is 2.72. The normalized spacial score (nSPS) is 13.9. The quantitative estimate of drug-likeness (QED) is 0.653. The molecular weight excluding hydrogens is 223 g/mol. The zero-order valence-electron chi connectivity index (χ0n) is 7.72. The summed E-state index contributed by atoms with van der Waals surface area (Å²) < 4.78 is 35.0. The number of hydrogen-bond donors (Lipinski definition) is 3. The van der Waals surface area contributed by atoms with E-state index < -0.39 is 21.9 Å². The van der Waals surface area contributed by atoms with E-state index in [2.05, 4.69) is 0 Å². The maximum absolute atomic E-state index is 13.1. The van der Waals surface area contributed by atoms with Gasteiger partial charge in [-0.1, -0.05) is 0 Å². The van der Waals surface area contributed by atoms with Gasteiger partial charge in [-0.25, -0.2) is 17.9 Å².